The third-order valence-electron chi connectivity index (χ3n) is 13.3. The van der Waals surface area contributed by atoms with Crippen molar-refractivity contribution in [1.82, 2.24) is 9.80 Å². The largest absolute Gasteiger partial charge is 0.444 e. The van der Waals surface area contributed by atoms with E-state index in [0.29, 0.717) is 37.4 Å². The van der Waals surface area contributed by atoms with Gasteiger partial charge in [-0.05, 0) is 157 Å². The second-order valence-corrected chi connectivity index (χ2v) is 18.9. The van der Waals surface area contributed by atoms with Gasteiger partial charge >= 0.3 is 6.09 Å². The fraction of sp³-hybridized carbons (Fsp3) is 0.660. The summed E-state index contributed by atoms with van der Waals surface area (Å²) in [4.78, 5) is 55.2. The van der Waals surface area contributed by atoms with Gasteiger partial charge in [-0.3, -0.25) is 14.4 Å². The van der Waals surface area contributed by atoms with E-state index in [1.807, 2.05) is 25.7 Å². The number of fused-ring (bicyclic) bond motifs is 4. The van der Waals surface area contributed by atoms with Crippen LogP contribution in [0, 0.1) is 35.3 Å². The summed E-state index contributed by atoms with van der Waals surface area (Å²) >= 11 is 0. The topological polar surface area (TPSA) is 90.5 Å². The monoisotopic (exact) mass is 805 g/mol. The van der Waals surface area contributed by atoms with Crippen molar-refractivity contribution < 1.29 is 32.7 Å². The van der Waals surface area contributed by atoms with Crippen LogP contribution >= 0.6 is 0 Å². The van der Waals surface area contributed by atoms with Crippen molar-refractivity contribution in [1.29, 1.82) is 0 Å². The Morgan fingerprint density at radius 3 is 1.41 bits per heavy atom. The van der Waals surface area contributed by atoms with Gasteiger partial charge in [0.05, 0.1) is 0 Å². The van der Waals surface area contributed by atoms with Crippen LogP contribution in [0.1, 0.15) is 125 Å². The highest BCUT2D eigenvalue weighted by atomic mass is 19.1. The zero-order chi connectivity index (χ0) is 41.6. The van der Waals surface area contributed by atoms with Crippen LogP contribution in [0.15, 0.2) is 48.5 Å². The lowest BCUT2D eigenvalue weighted by molar-refractivity contribution is -0.122. The molecule has 4 aliphatic carbocycles. The second kappa shape index (κ2) is 19.5. The molecule has 4 unspecified atom stereocenters. The molecule has 0 spiro atoms. The molecule has 6 fully saturated rings. The van der Waals surface area contributed by atoms with E-state index in [4.69, 9.17) is 4.74 Å². The lowest BCUT2D eigenvalue weighted by atomic mass is 9.84. The maximum atomic E-state index is 13.2. The Hall–Kier alpha value is -3.86. The molecule has 11 heteroatoms. The Morgan fingerprint density at radius 2 is 1.00 bits per heavy atom. The summed E-state index contributed by atoms with van der Waals surface area (Å²) < 4.78 is 31.7. The minimum atomic E-state index is -0.520. The van der Waals surface area contributed by atoms with E-state index in [1.54, 1.807) is 41.0 Å². The fourth-order valence-corrected chi connectivity index (χ4v) is 10.7. The molecule has 4 atom stereocenters. The molecule has 0 radical (unpaired) electrons. The minimum absolute atomic E-state index is 0.00773. The first-order valence-electron chi connectivity index (χ1n) is 22.0. The van der Waals surface area contributed by atoms with Crippen molar-refractivity contribution in [2.45, 2.75) is 148 Å². The van der Waals surface area contributed by atoms with Crippen molar-refractivity contribution in [3.63, 3.8) is 0 Å². The van der Waals surface area contributed by atoms with Gasteiger partial charge in [-0.15, -0.1) is 0 Å². The number of carbonyl (C=O) groups is 4. The number of carbonyl (C=O) groups excluding carboxylic acids is 4. The highest BCUT2D eigenvalue weighted by molar-refractivity contribution is 5.92. The van der Waals surface area contributed by atoms with Crippen LogP contribution in [0.2, 0.25) is 0 Å². The summed E-state index contributed by atoms with van der Waals surface area (Å²) in [5.74, 6) is 3.42. The average Bonchev–Trinajstić information content (AvgIpc) is 3.71. The molecule has 2 heterocycles. The molecule has 0 N–H and O–H groups in total. The van der Waals surface area contributed by atoms with Crippen molar-refractivity contribution in [2.75, 3.05) is 36.0 Å². The molecule has 58 heavy (non-hydrogen) atoms. The smallest absolute Gasteiger partial charge is 0.410 e. The van der Waals surface area contributed by atoms with E-state index in [0.717, 1.165) is 74.2 Å². The number of benzene rings is 2. The molecule has 9 nitrogen and oxygen atoms in total. The quantitative estimate of drug-likeness (QED) is 0.299. The molecule has 3 amide bonds. The maximum Gasteiger partial charge on any atom is 0.410 e. The normalized spacial score (nSPS) is 26.2. The molecule has 318 valence electrons. The van der Waals surface area contributed by atoms with Gasteiger partial charge in [0.1, 0.15) is 23.0 Å². The van der Waals surface area contributed by atoms with E-state index in [9.17, 15) is 28.0 Å². The molecular weight excluding hydrogens is 739 g/mol. The Morgan fingerprint density at radius 1 is 0.603 bits per heavy atom. The van der Waals surface area contributed by atoms with E-state index < -0.39 is 5.60 Å². The summed E-state index contributed by atoms with van der Waals surface area (Å²) in [6, 6.07) is 13.2. The highest BCUT2D eigenvalue weighted by Gasteiger charge is 2.39. The number of amides is 3. The summed E-state index contributed by atoms with van der Waals surface area (Å²) in [7, 11) is 0. The van der Waals surface area contributed by atoms with Crippen LogP contribution in [-0.4, -0.2) is 83.4 Å². The summed E-state index contributed by atoms with van der Waals surface area (Å²) in [5, 5.41) is 0. The molecule has 6 aliphatic rings. The summed E-state index contributed by atoms with van der Waals surface area (Å²) in [6.07, 6.45) is 16.0. The van der Waals surface area contributed by atoms with Gasteiger partial charge in [0.2, 0.25) is 11.8 Å². The van der Waals surface area contributed by atoms with Crippen LogP contribution in [0.5, 0.6) is 0 Å². The summed E-state index contributed by atoms with van der Waals surface area (Å²) in [6.45, 7) is 11.9. The van der Waals surface area contributed by atoms with E-state index in [1.165, 1.54) is 82.6 Å². The Labute approximate surface area is 344 Å². The molecule has 4 bridgehead atoms. The zero-order valence-corrected chi connectivity index (χ0v) is 35.5. The van der Waals surface area contributed by atoms with Crippen LogP contribution < -0.4 is 9.80 Å². The van der Waals surface area contributed by atoms with Crippen LogP contribution in [-0.2, 0) is 19.1 Å². The number of rotatable bonds is 5. The molecule has 0 aromatic heterocycles. The van der Waals surface area contributed by atoms with E-state index >= 15 is 0 Å². The molecule has 2 aromatic carbocycles. The number of Topliss-reactive ketones (excluding diaryl/α,β-unsaturated/α-hetero) is 1. The van der Waals surface area contributed by atoms with Crippen molar-refractivity contribution in [2.24, 2.45) is 23.7 Å². The molecule has 2 aliphatic heterocycles. The number of anilines is 2. The standard InChI is InChI=1S/C21H29FN2O.C18H25FN2O3.C8H12O/c1-15(25)24(19-6-4-18(22)5-7-19)20-8-10-23(11-9-20)21-13-16-2-3-17(12-16)14-21;1-13(22)21(15-7-5-14(19)6-8-15)16-9-11-20(12-10-16)17(23)24-18(2,3)4;9-8-4-6-1-2-7(3-6)5-8/h4-7,16-17,20-21H,2-3,8-14H2,1H3;5-8,16H,9-12H2,1-4H3;6-7H,1-5H2. The third-order valence-corrected chi connectivity index (χ3v) is 13.3. The predicted molar refractivity (Wildman–Crippen MR) is 223 cm³/mol. The second-order valence-electron chi connectivity index (χ2n) is 18.9. The SMILES string of the molecule is CC(=O)N(c1ccc(F)cc1)C1CCN(C(=O)OC(C)(C)C)CC1.CC(=O)N(c1ccc(F)cc1)C1CCN(C2CC3CCC(C3)C2)CC1.O=C1CC2CCC(C1)C2. The number of piperidine rings is 2. The van der Waals surface area contributed by atoms with Crippen molar-refractivity contribution in [3.8, 4) is 0 Å². The minimum Gasteiger partial charge on any atom is -0.444 e. The Balaban J connectivity index is 0.000000161. The van der Waals surface area contributed by atoms with Crippen molar-refractivity contribution >= 4 is 35.1 Å². The number of halogens is 2. The van der Waals surface area contributed by atoms with Gasteiger partial charge < -0.3 is 24.3 Å². The fourth-order valence-electron chi connectivity index (χ4n) is 10.7. The van der Waals surface area contributed by atoms with Crippen LogP contribution in [0.4, 0.5) is 25.0 Å². The Bertz CT molecular complexity index is 1670. The van der Waals surface area contributed by atoms with Crippen molar-refractivity contribution in [3.05, 3.63) is 60.2 Å². The molecule has 2 saturated heterocycles. The van der Waals surface area contributed by atoms with Gasteiger partial charge in [-0.25, -0.2) is 13.6 Å². The maximum absolute atomic E-state index is 13.2. The number of ether oxygens (including phenoxy) is 1. The lowest BCUT2D eigenvalue weighted by Crippen LogP contribution is -2.50. The number of likely N-dealkylation sites (tertiary alicyclic amines) is 2. The number of hydrogen-bond acceptors (Lipinski definition) is 6. The number of ketones is 1. The van der Waals surface area contributed by atoms with E-state index in [2.05, 4.69) is 4.90 Å². The lowest BCUT2D eigenvalue weighted by Gasteiger charge is -2.43. The number of nitrogens with zero attached hydrogens (tertiary/aromatic N) is 4. The van der Waals surface area contributed by atoms with Gasteiger partial charge in [-0.2, -0.15) is 0 Å². The van der Waals surface area contributed by atoms with Gasteiger partial charge in [-0.1, -0.05) is 12.8 Å². The molecule has 8 rings (SSSR count). The third kappa shape index (κ3) is 11.9. The highest BCUT2D eigenvalue weighted by Crippen LogP contribution is 2.44. The first kappa shape index (κ1) is 43.7. The van der Waals surface area contributed by atoms with Gasteiger partial charge in [0.25, 0.3) is 0 Å². The van der Waals surface area contributed by atoms with Gasteiger partial charge in [0.15, 0.2) is 0 Å². The number of hydrogen-bond donors (Lipinski definition) is 0. The first-order chi connectivity index (χ1) is 27.6. The molecule has 2 aromatic rings. The zero-order valence-electron chi connectivity index (χ0n) is 35.5. The Kier molecular flexibility index (Phi) is 14.7. The molecule has 4 saturated carbocycles. The van der Waals surface area contributed by atoms with Crippen LogP contribution in [0.25, 0.3) is 0 Å². The molecular formula is C47H66F2N4O5. The predicted octanol–water partition coefficient (Wildman–Crippen LogP) is 9.57. The first-order valence-corrected chi connectivity index (χ1v) is 22.0. The van der Waals surface area contributed by atoms with Crippen LogP contribution in [0.3, 0.4) is 0 Å². The van der Waals surface area contributed by atoms with Gasteiger partial charge in [0, 0.05) is 82.4 Å². The van der Waals surface area contributed by atoms with E-state index in [-0.39, 0.29) is 41.6 Å². The average molecular weight is 805 g/mol. The summed E-state index contributed by atoms with van der Waals surface area (Å²) in [5.41, 5.74) is 0.982.